The van der Waals surface area contributed by atoms with Crippen LogP contribution < -0.4 is 0 Å². The fraction of sp³-hybridized carbons (Fsp3) is 0.583. The highest BCUT2D eigenvalue weighted by molar-refractivity contribution is 7.89. The average molecular weight is 289 g/mol. The molecule has 0 aliphatic carbocycles. The molecule has 2 rings (SSSR count). The first-order valence-electron chi connectivity index (χ1n) is 6.02. The Hall–Kier alpha value is -0.650. The van der Waals surface area contributed by atoms with Gasteiger partial charge in [0.05, 0.1) is 0 Å². The molecule has 0 saturated carbocycles. The van der Waals surface area contributed by atoms with E-state index in [0.717, 1.165) is 6.42 Å². The summed E-state index contributed by atoms with van der Waals surface area (Å²) in [5.41, 5.74) is 0. The standard InChI is InChI=1S/C12H17ClN2O2S/c1-9-6-10(2)8-15(7-9)18(16,17)11-4-3-5-14-12(11)13/h3-5,9-10H,6-8H2,1-2H3. The van der Waals surface area contributed by atoms with Crippen LogP contribution in [0, 0.1) is 11.8 Å². The number of halogens is 1. The molecule has 0 spiro atoms. The quantitative estimate of drug-likeness (QED) is 0.785. The predicted octanol–water partition coefficient (Wildman–Crippen LogP) is 2.40. The molecule has 2 atom stereocenters. The largest absolute Gasteiger partial charge is 0.246 e. The van der Waals surface area contributed by atoms with E-state index in [0.29, 0.717) is 24.9 Å². The Balaban J connectivity index is 2.34. The third-order valence-corrected chi connectivity index (χ3v) is 5.45. The number of pyridine rings is 1. The molecule has 0 radical (unpaired) electrons. The molecule has 2 heterocycles. The number of hydrogen-bond acceptors (Lipinski definition) is 3. The number of hydrogen-bond donors (Lipinski definition) is 0. The van der Waals surface area contributed by atoms with Crippen LogP contribution in [-0.4, -0.2) is 30.8 Å². The molecule has 18 heavy (non-hydrogen) atoms. The minimum Gasteiger partial charge on any atom is -0.243 e. The highest BCUT2D eigenvalue weighted by Gasteiger charge is 2.32. The molecule has 6 heteroatoms. The molecule has 100 valence electrons. The van der Waals surface area contributed by atoms with Gasteiger partial charge >= 0.3 is 0 Å². The molecule has 0 amide bonds. The van der Waals surface area contributed by atoms with Gasteiger partial charge in [-0.25, -0.2) is 13.4 Å². The van der Waals surface area contributed by atoms with Crippen LogP contribution in [0.3, 0.4) is 0 Å². The van der Waals surface area contributed by atoms with Gasteiger partial charge in [0.15, 0.2) is 0 Å². The zero-order chi connectivity index (χ0) is 13.3. The van der Waals surface area contributed by atoms with E-state index in [4.69, 9.17) is 11.6 Å². The first-order chi connectivity index (χ1) is 8.41. The number of piperidine rings is 1. The molecular weight excluding hydrogens is 272 g/mol. The van der Waals surface area contributed by atoms with Crippen molar-refractivity contribution < 1.29 is 8.42 Å². The van der Waals surface area contributed by atoms with Crippen molar-refractivity contribution in [1.82, 2.24) is 9.29 Å². The topological polar surface area (TPSA) is 50.3 Å². The van der Waals surface area contributed by atoms with Crippen molar-refractivity contribution >= 4 is 21.6 Å². The molecule has 0 bridgehead atoms. The van der Waals surface area contributed by atoms with Crippen LogP contribution in [0.4, 0.5) is 0 Å². The fourth-order valence-corrected chi connectivity index (χ4v) is 4.61. The van der Waals surface area contributed by atoms with Crippen LogP contribution in [0.5, 0.6) is 0 Å². The van der Waals surface area contributed by atoms with Gasteiger partial charge < -0.3 is 0 Å². The second kappa shape index (κ2) is 5.15. The van der Waals surface area contributed by atoms with Crippen LogP contribution in [0.25, 0.3) is 0 Å². The van der Waals surface area contributed by atoms with E-state index < -0.39 is 10.0 Å². The molecule has 1 aromatic rings. The third kappa shape index (κ3) is 2.68. The van der Waals surface area contributed by atoms with Crippen molar-refractivity contribution in [3.63, 3.8) is 0 Å². The van der Waals surface area contributed by atoms with Gasteiger partial charge in [0.25, 0.3) is 0 Å². The molecule has 0 aromatic carbocycles. The molecule has 1 saturated heterocycles. The summed E-state index contributed by atoms with van der Waals surface area (Å²) < 4.78 is 26.5. The Labute approximate surface area is 113 Å². The monoisotopic (exact) mass is 288 g/mol. The van der Waals surface area contributed by atoms with Gasteiger partial charge in [-0.3, -0.25) is 0 Å². The van der Waals surface area contributed by atoms with E-state index in [1.807, 2.05) is 0 Å². The Morgan fingerprint density at radius 3 is 2.50 bits per heavy atom. The van der Waals surface area contributed by atoms with Crippen molar-refractivity contribution in [3.05, 3.63) is 23.5 Å². The predicted molar refractivity (Wildman–Crippen MR) is 71.0 cm³/mol. The van der Waals surface area contributed by atoms with E-state index in [1.165, 1.54) is 16.6 Å². The minimum atomic E-state index is -3.52. The number of nitrogens with zero attached hydrogens (tertiary/aromatic N) is 2. The maximum absolute atomic E-state index is 12.5. The van der Waals surface area contributed by atoms with Crippen molar-refractivity contribution in [2.45, 2.75) is 25.2 Å². The number of aromatic nitrogens is 1. The Morgan fingerprint density at radius 1 is 1.33 bits per heavy atom. The van der Waals surface area contributed by atoms with Gasteiger partial charge in [-0.05, 0) is 30.4 Å². The van der Waals surface area contributed by atoms with Crippen LogP contribution in [0.2, 0.25) is 5.15 Å². The first-order valence-corrected chi connectivity index (χ1v) is 7.83. The Bertz CT molecular complexity index is 523. The lowest BCUT2D eigenvalue weighted by Gasteiger charge is -2.34. The van der Waals surface area contributed by atoms with Crippen LogP contribution in [-0.2, 0) is 10.0 Å². The van der Waals surface area contributed by atoms with Crippen molar-refractivity contribution in [1.29, 1.82) is 0 Å². The van der Waals surface area contributed by atoms with Gasteiger partial charge in [-0.1, -0.05) is 25.4 Å². The molecule has 4 nitrogen and oxygen atoms in total. The smallest absolute Gasteiger partial charge is 0.243 e. The number of sulfonamides is 1. The van der Waals surface area contributed by atoms with Gasteiger partial charge in [0, 0.05) is 19.3 Å². The molecule has 1 aliphatic rings. The fourth-order valence-electron chi connectivity index (χ4n) is 2.50. The molecule has 1 aliphatic heterocycles. The molecule has 1 aromatic heterocycles. The highest BCUT2D eigenvalue weighted by Crippen LogP contribution is 2.28. The van der Waals surface area contributed by atoms with Crippen molar-refractivity contribution in [3.8, 4) is 0 Å². The summed E-state index contributed by atoms with van der Waals surface area (Å²) in [6.07, 6.45) is 2.55. The molecular formula is C12H17ClN2O2S. The zero-order valence-corrected chi connectivity index (χ0v) is 12.1. The lowest BCUT2D eigenvalue weighted by atomic mass is 9.94. The normalized spacial score (nSPS) is 26.2. The number of rotatable bonds is 2. The summed E-state index contributed by atoms with van der Waals surface area (Å²) in [4.78, 5) is 3.94. The van der Waals surface area contributed by atoms with Gasteiger partial charge in [-0.2, -0.15) is 4.31 Å². The summed E-state index contributed by atoms with van der Waals surface area (Å²) in [5.74, 6) is 0.748. The average Bonchev–Trinajstić information content (AvgIpc) is 2.28. The highest BCUT2D eigenvalue weighted by atomic mass is 35.5. The third-order valence-electron chi connectivity index (χ3n) is 3.18. The van der Waals surface area contributed by atoms with Gasteiger partial charge in [0.1, 0.15) is 10.0 Å². The molecule has 0 N–H and O–H groups in total. The molecule has 1 fully saturated rings. The van der Waals surface area contributed by atoms with Crippen LogP contribution >= 0.6 is 11.6 Å². The summed E-state index contributed by atoms with van der Waals surface area (Å²) >= 11 is 5.88. The summed E-state index contributed by atoms with van der Waals surface area (Å²) in [5, 5.41) is 0.0448. The van der Waals surface area contributed by atoms with E-state index in [9.17, 15) is 8.42 Å². The van der Waals surface area contributed by atoms with E-state index >= 15 is 0 Å². The molecule has 2 unspecified atom stereocenters. The SMILES string of the molecule is CC1CC(C)CN(S(=O)(=O)c2cccnc2Cl)C1. The maximum atomic E-state index is 12.5. The van der Waals surface area contributed by atoms with E-state index in [-0.39, 0.29) is 10.0 Å². The lowest BCUT2D eigenvalue weighted by molar-refractivity contribution is 0.222. The summed E-state index contributed by atoms with van der Waals surface area (Å²) in [6.45, 7) is 5.25. The van der Waals surface area contributed by atoms with Crippen LogP contribution in [0.15, 0.2) is 23.2 Å². The second-order valence-electron chi connectivity index (χ2n) is 5.06. The Kier molecular flexibility index (Phi) is 3.94. The van der Waals surface area contributed by atoms with E-state index in [1.54, 1.807) is 6.07 Å². The van der Waals surface area contributed by atoms with Crippen LogP contribution in [0.1, 0.15) is 20.3 Å². The van der Waals surface area contributed by atoms with E-state index in [2.05, 4.69) is 18.8 Å². The summed E-state index contributed by atoms with van der Waals surface area (Å²) in [7, 11) is -3.52. The Morgan fingerprint density at radius 2 is 1.94 bits per heavy atom. The second-order valence-corrected chi connectivity index (χ2v) is 7.32. The van der Waals surface area contributed by atoms with Gasteiger partial charge in [0.2, 0.25) is 10.0 Å². The first kappa shape index (κ1) is 13.8. The minimum absolute atomic E-state index is 0.0448. The maximum Gasteiger partial charge on any atom is 0.246 e. The zero-order valence-electron chi connectivity index (χ0n) is 10.5. The van der Waals surface area contributed by atoms with Crippen molar-refractivity contribution in [2.24, 2.45) is 11.8 Å². The van der Waals surface area contributed by atoms with Gasteiger partial charge in [-0.15, -0.1) is 0 Å². The lowest BCUT2D eigenvalue weighted by Crippen LogP contribution is -2.42. The summed E-state index contributed by atoms with van der Waals surface area (Å²) in [6, 6.07) is 3.10. The van der Waals surface area contributed by atoms with Crippen molar-refractivity contribution in [2.75, 3.05) is 13.1 Å².